The molecule has 17 heavy (non-hydrogen) atoms. The van der Waals surface area contributed by atoms with Gasteiger partial charge in [0, 0.05) is 13.1 Å². The van der Waals surface area contributed by atoms with E-state index in [-0.39, 0.29) is 0 Å². The van der Waals surface area contributed by atoms with Gasteiger partial charge in [0.05, 0.1) is 15.9 Å². The summed E-state index contributed by atoms with van der Waals surface area (Å²) < 4.78 is 3.28. The molecule has 3 nitrogen and oxygen atoms in total. The molecule has 1 saturated carbocycles. The summed E-state index contributed by atoms with van der Waals surface area (Å²) in [6.45, 7) is 2.16. The van der Waals surface area contributed by atoms with Crippen molar-refractivity contribution in [1.29, 1.82) is 0 Å². The average molecular weight is 300 g/mol. The van der Waals surface area contributed by atoms with Gasteiger partial charge in [-0.1, -0.05) is 6.92 Å². The lowest BCUT2D eigenvalue weighted by atomic mass is 10.0. The van der Waals surface area contributed by atoms with Gasteiger partial charge in [0.25, 0.3) is 0 Å². The maximum Gasteiger partial charge on any atom is 0.0766 e. The molecule has 1 fully saturated rings. The van der Waals surface area contributed by atoms with Gasteiger partial charge in [0.2, 0.25) is 0 Å². The molecule has 0 aromatic carbocycles. The van der Waals surface area contributed by atoms with Crippen LogP contribution in [0.3, 0.4) is 0 Å². The number of hydrogen-bond donors (Lipinski definition) is 1. The third kappa shape index (κ3) is 2.74. The summed E-state index contributed by atoms with van der Waals surface area (Å²) in [5.41, 5.74) is 2.55. The monoisotopic (exact) mass is 299 g/mol. The van der Waals surface area contributed by atoms with Crippen molar-refractivity contribution in [2.24, 2.45) is 13.0 Å². The standard InChI is InChI=1S/C13H22BrN3/c1-4-11-13(14)12(17(3)16-11)8-9-5-6-10(7-9)15-2/h9-10,15H,4-8H2,1-3H3. The molecule has 0 bridgehead atoms. The van der Waals surface area contributed by atoms with E-state index in [2.05, 4.69) is 52.0 Å². The van der Waals surface area contributed by atoms with Gasteiger partial charge in [0.1, 0.15) is 0 Å². The van der Waals surface area contributed by atoms with Crippen LogP contribution in [-0.2, 0) is 19.9 Å². The zero-order valence-electron chi connectivity index (χ0n) is 11.0. The molecule has 1 aromatic rings. The van der Waals surface area contributed by atoms with Crippen LogP contribution in [-0.4, -0.2) is 22.9 Å². The predicted molar refractivity (Wildman–Crippen MR) is 74.2 cm³/mol. The van der Waals surface area contributed by atoms with Crippen molar-refractivity contribution in [2.45, 2.75) is 45.1 Å². The molecule has 4 heteroatoms. The number of hydrogen-bond acceptors (Lipinski definition) is 2. The summed E-state index contributed by atoms with van der Waals surface area (Å²) in [4.78, 5) is 0. The normalized spacial score (nSPS) is 24.5. The predicted octanol–water partition coefficient (Wildman–Crippen LogP) is 2.68. The molecule has 1 aliphatic carbocycles. The van der Waals surface area contributed by atoms with Gasteiger partial charge in [0.15, 0.2) is 0 Å². The fourth-order valence-electron chi connectivity index (χ4n) is 2.84. The Bertz CT molecular complexity index is 386. The smallest absolute Gasteiger partial charge is 0.0766 e. The largest absolute Gasteiger partial charge is 0.317 e. The van der Waals surface area contributed by atoms with E-state index in [9.17, 15) is 0 Å². The van der Waals surface area contributed by atoms with E-state index in [1.165, 1.54) is 35.1 Å². The maximum atomic E-state index is 4.56. The van der Waals surface area contributed by atoms with Gasteiger partial charge >= 0.3 is 0 Å². The summed E-state index contributed by atoms with van der Waals surface area (Å²) in [6.07, 6.45) is 6.11. The minimum absolute atomic E-state index is 0.720. The third-order valence-corrected chi connectivity index (χ3v) is 4.85. The number of aromatic nitrogens is 2. The van der Waals surface area contributed by atoms with Crippen LogP contribution in [0.25, 0.3) is 0 Å². The van der Waals surface area contributed by atoms with Crippen molar-refractivity contribution >= 4 is 15.9 Å². The highest BCUT2D eigenvalue weighted by atomic mass is 79.9. The van der Waals surface area contributed by atoms with Crippen molar-refractivity contribution in [3.8, 4) is 0 Å². The Kier molecular flexibility index (Phi) is 4.26. The quantitative estimate of drug-likeness (QED) is 0.926. The number of halogens is 1. The molecule has 1 heterocycles. The van der Waals surface area contributed by atoms with E-state index in [0.717, 1.165) is 24.8 Å². The van der Waals surface area contributed by atoms with Crippen molar-refractivity contribution in [2.75, 3.05) is 7.05 Å². The molecule has 1 aliphatic rings. The first-order valence-corrected chi connectivity index (χ1v) is 7.32. The van der Waals surface area contributed by atoms with E-state index >= 15 is 0 Å². The first-order chi connectivity index (χ1) is 8.15. The fourth-order valence-corrected chi connectivity index (χ4v) is 3.62. The highest BCUT2D eigenvalue weighted by molar-refractivity contribution is 9.10. The second-order valence-electron chi connectivity index (χ2n) is 5.05. The Labute approximate surface area is 112 Å². The first-order valence-electron chi connectivity index (χ1n) is 6.53. The lowest BCUT2D eigenvalue weighted by Crippen LogP contribution is -2.21. The Morgan fingerprint density at radius 1 is 1.47 bits per heavy atom. The van der Waals surface area contributed by atoms with Crippen molar-refractivity contribution in [1.82, 2.24) is 15.1 Å². The molecule has 2 unspecified atom stereocenters. The number of aryl methyl sites for hydroxylation is 2. The molecule has 0 aliphatic heterocycles. The highest BCUT2D eigenvalue weighted by Gasteiger charge is 2.25. The Balaban J connectivity index is 2.06. The molecule has 1 aromatic heterocycles. The number of nitrogens with one attached hydrogen (secondary N) is 1. The summed E-state index contributed by atoms with van der Waals surface area (Å²) >= 11 is 3.70. The van der Waals surface area contributed by atoms with Crippen LogP contribution in [0.1, 0.15) is 37.6 Å². The zero-order valence-corrected chi connectivity index (χ0v) is 12.5. The van der Waals surface area contributed by atoms with Crippen LogP contribution in [0.2, 0.25) is 0 Å². The molecule has 0 amide bonds. The van der Waals surface area contributed by atoms with Crippen LogP contribution in [0.15, 0.2) is 4.47 Å². The van der Waals surface area contributed by atoms with E-state index in [4.69, 9.17) is 0 Å². The molecular formula is C13H22BrN3. The molecule has 2 atom stereocenters. The van der Waals surface area contributed by atoms with Crippen molar-refractivity contribution < 1.29 is 0 Å². The second-order valence-corrected chi connectivity index (χ2v) is 5.85. The van der Waals surface area contributed by atoms with Gasteiger partial charge in [-0.25, -0.2) is 0 Å². The topological polar surface area (TPSA) is 29.9 Å². The van der Waals surface area contributed by atoms with Crippen LogP contribution in [0, 0.1) is 5.92 Å². The highest BCUT2D eigenvalue weighted by Crippen LogP contribution is 2.31. The number of rotatable bonds is 4. The van der Waals surface area contributed by atoms with Crippen molar-refractivity contribution in [3.05, 3.63) is 15.9 Å². The van der Waals surface area contributed by atoms with Gasteiger partial charge in [-0.05, 0) is 61.0 Å². The SMILES string of the molecule is CCc1nn(C)c(CC2CCC(NC)C2)c1Br. The molecule has 0 saturated heterocycles. The average Bonchev–Trinajstić information content (AvgIpc) is 2.88. The molecule has 1 N–H and O–H groups in total. The summed E-state index contributed by atoms with van der Waals surface area (Å²) in [5, 5.41) is 7.96. The lowest BCUT2D eigenvalue weighted by molar-refractivity contribution is 0.493. The van der Waals surface area contributed by atoms with E-state index < -0.39 is 0 Å². The van der Waals surface area contributed by atoms with Crippen LogP contribution in [0.4, 0.5) is 0 Å². The Morgan fingerprint density at radius 2 is 2.24 bits per heavy atom. The van der Waals surface area contributed by atoms with Crippen LogP contribution >= 0.6 is 15.9 Å². The number of nitrogens with zero attached hydrogens (tertiary/aromatic N) is 2. The lowest BCUT2D eigenvalue weighted by Gasteiger charge is -2.11. The van der Waals surface area contributed by atoms with Gasteiger partial charge in [-0.15, -0.1) is 0 Å². The molecular weight excluding hydrogens is 278 g/mol. The Morgan fingerprint density at radius 3 is 2.76 bits per heavy atom. The zero-order chi connectivity index (χ0) is 12.4. The van der Waals surface area contributed by atoms with Gasteiger partial charge in [-0.3, -0.25) is 4.68 Å². The minimum atomic E-state index is 0.720. The molecule has 2 rings (SSSR count). The fraction of sp³-hybridized carbons (Fsp3) is 0.769. The molecule has 96 valence electrons. The summed E-state index contributed by atoms with van der Waals surface area (Å²) in [5.74, 6) is 0.809. The van der Waals surface area contributed by atoms with Crippen molar-refractivity contribution in [3.63, 3.8) is 0 Å². The van der Waals surface area contributed by atoms with E-state index in [0.29, 0.717) is 0 Å². The first kappa shape index (κ1) is 13.1. The van der Waals surface area contributed by atoms with Gasteiger partial charge < -0.3 is 5.32 Å². The Hall–Kier alpha value is -0.350. The second kappa shape index (κ2) is 5.53. The molecule has 0 spiro atoms. The van der Waals surface area contributed by atoms with Crippen LogP contribution < -0.4 is 5.32 Å². The van der Waals surface area contributed by atoms with Crippen LogP contribution in [0.5, 0.6) is 0 Å². The minimum Gasteiger partial charge on any atom is -0.317 e. The summed E-state index contributed by atoms with van der Waals surface area (Å²) in [7, 11) is 4.13. The van der Waals surface area contributed by atoms with E-state index in [1.54, 1.807) is 0 Å². The third-order valence-electron chi connectivity index (χ3n) is 3.93. The molecule has 0 radical (unpaired) electrons. The maximum absolute atomic E-state index is 4.56. The van der Waals surface area contributed by atoms with E-state index in [1.807, 2.05) is 0 Å². The van der Waals surface area contributed by atoms with Gasteiger partial charge in [-0.2, -0.15) is 5.10 Å². The summed E-state index contributed by atoms with van der Waals surface area (Å²) in [6, 6.07) is 0.720.